The first-order valence-corrected chi connectivity index (χ1v) is 13.2. The fraction of sp³-hybridized carbons (Fsp3) is 0.423. The largest absolute Gasteiger partial charge is 0.481 e. The molecular weight excluding hydrogens is 457 g/mol. The second-order valence-corrected chi connectivity index (χ2v) is 11.4. The van der Waals surface area contributed by atoms with Crippen molar-refractivity contribution in [3.8, 4) is 0 Å². The van der Waals surface area contributed by atoms with E-state index in [-0.39, 0.29) is 23.3 Å². The van der Waals surface area contributed by atoms with Crippen LogP contribution >= 0.6 is 0 Å². The second-order valence-electron chi connectivity index (χ2n) is 9.43. The van der Waals surface area contributed by atoms with Crippen molar-refractivity contribution in [2.45, 2.75) is 36.4 Å². The fourth-order valence-corrected chi connectivity index (χ4v) is 6.32. The standard InChI is InChI=1S/C26H28FNO5S/c27-26(12-9-22(25(29)30)16-24(26)20-5-6-20)33-17-18-10-13-28(14-11-18)34(31,32)23-8-7-19-3-1-2-4-21(19)15-23/h1-4,7-9,12,15-16,18,20,22H,5-6,10-11,13-14,17H2,(H,29,30). The first-order valence-electron chi connectivity index (χ1n) is 11.7. The quantitative estimate of drug-likeness (QED) is 0.583. The van der Waals surface area contributed by atoms with E-state index < -0.39 is 27.8 Å². The Balaban J connectivity index is 1.21. The number of hydrogen-bond acceptors (Lipinski definition) is 4. The lowest BCUT2D eigenvalue weighted by Gasteiger charge is -2.34. The molecule has 1 saturated carbocycles. The molecule has 34 heavy (non-hydrogen) atoms. The summed E-state index contributed by atoms with van der Waals surface area (Å²) in [6.45, 7) is 0.863. The summed E-state index contributed by atoms with van der Waals surface area (Å²) in [7, 11) is -3.61. The Morgan fingerprint density at radius 1 is 1.09 bits per heavy atom. The molecule has 180 valence electrons. The summed E-state index contributed by atoms with van der Waals surface area (Å²) in [6.07, 6.45) is 6.89. The molecule has 5 rings (SSSR count). The Bertz CT molecular complexity index is 1260. The molecule has 8 heteroatoms. The summed E-state index contributed by atoms with van der Waals surface area (Å²) in [4.78, 5) is 11.6. The fourth-order valence-electron chi connectivity index (χ4n) is 4.81. The smallest absolute Gasteiger partial charge is 0.314 e. The average molecular weight is 486 g/mol. The number of aliphatic carboxylic acids is 1. The summed E-state index contributed by atoms with van der Waals surface area (Å²) in [5.74, 6) is -3.85. The molecule has 2 atom stereocenters. The van der Waals surface area contributed by atoms with Crippen LogP contribution in [0.5, 0.6) is 0 Å². The Morgan fingerprint density at radius 3 is 2.47 bits per heavy atom. The van der Waals surface area contributed by atoms with Crippen LogP contribution in [0.1, 0.15) is 25.7 Å². The molecule has 0 bridgehead atoms. The monoisotopic (exact) mass is 485 g/mol. The minimum absolute atomic E-state index is 0.0294. The van der Waals surface area contributed by atoms with Gasteiger partial charge in [-0.25, -0.2) is 12.8 Å². The highest BCUT2D eigenvalue weighted by molar-refractivity contribution is 7.89. The lowest BCUT2D eigenvalue weighted by atomic mass is 9.90. The van der Waals surface area contributed by atoms with E-state index in [2.05, 4.69) is 0 Å². The Kier molecular flexibility index (Phi) is 6.08. The average Bonchev–Trinajstić information content (AvgIpc) is 3.68. The molecule has 1 N–H and O–H groups in total. The van der Waals surface area contributed by atoms with Gasteiger partial charge in [-0.05, 0) is 72.1 Å². The second kappa shape index (κ2) is 8.91. The number of nitrogens with zero attached hydrogens (tertiary/aromatic N) is 1. The van der Waals surface area contributed by atoms with Crippen molar-refractivity contribution in [2.24, 2.45) is 17.8 Å². The number of alkyl halides is 1. The van der Waals surface area contributed by atoms with Crippen LogP contribution in [0.15, 0.2) is 71.2 Å². The van der Waals surface area contributed by atoms with Crippen molar-refractivity contribution in [1.82, 2.24) is 4.31 Å². The summed E-state index contributed by atoms with van der Waals surface area (Å²) >= 11 is 0. The van der Waals surface area contributed by atoms with Crippen LogP contribution in [0.3, 0.4) is 0 Å². The predicted octanol–water partition coefficient (Wildman–Crippen LogP) is 4.53. The molecule has 3 aliphatic rings. The van der Waals surface area contributed by atoms with Crippen LogP contribution in [-0.2, 0) is 19.6 Å². The first-order chi connectivity index (χ1) is 16.3. The van der Waals surface area contributed by atoms with Crippen molar-refractivity contribution in [2.75, 3.05) is 19.7 Å². The zero-order valence-electron chi connectivity index (χ0n) is 18.8. The van der Waals surface area contributed by atoms with Gasteiger partial charge in [-0.3, -0.25) is 4.79 Å². The molecule has 1 aliphatic heterocycles. The number of carboxylic acids is 1. The molecule has 1 saturated heterocycles. The van der Waals surface area contributed by atoms with Crippen molar-refractivity contribution >= 4 is 26.8 Å². The van der Waals surface area contributed by atoms with Crippen LogP contribution < -0.4 is 0 Å². The van der Waals surface area contributed by atoms with E-state index in [0.29, 0.717) is 31.5 Å². The lowest BCUT2D eigenvalue weighted by Crippen LogP contribution is -2.41. The number of rotatable bonds is 7. The summed E-state index contributed by atoms with van der Waals surface area (Å²) in [5.41, 5.74) is 0.415. The van der Waals surface area contributed by atoms with Crippen LogP contribution in [0.25, 0.3) is 10.8 Å². The maximum Gasteiger partial charge on any atom is 0.314 e. The van der Waals surface area contributed by atoms with E-state index in [9.17, 15) is 18.3 Å². The molecule has 1 heterocycles. The molecule has 2 aromatic carbocycles. The molecule has 2 fully saturated rings. The normalized spacial score (nSPS) is 26.5. The van der Waals surface area contributed by atoms with E-state index in [0.717, 1.165) is 23.6 Å². The van der Waals surface area contributed by atoms with Crippen molar-refractivity contribution < 1.29 is 27.4 Å². The maximum atomic E-state index is 15.7. The highest BCUT2D eigenvalue weighted by atomic mass is 32.2. The number of sulfonamides is 1. The molecule has 0 aromatic heterocycles. The van der Waals surface area contributed by atoms with E-state index in [1.165, 1.54) is 22.5 Å². The summed E-state index contributed by atoms with van der Waals surface area (Å²) < 4.78 is 49.2. The van der Waals surface area contributed by atoms with Gasteiger partial charge in [0.1, 0.15) is 0 Å². The number of hydrogen-bond donors (Lipinski definition) is 1. The Hall–Kier alpha value is -2.55. The van der Waals surface area contributed by atoms with Crippen LogP contribution in [0.2, 0.25) is 0 Å². The highest BCUT2D eigenvalue weighted by Crippen LogP contribution is 2.47. The number of carboxylic acid groups (broad SMARTS) is 1. The highest BCUT2D eigenvalue weighted by Gasteiger charge is 2.45. The molecule has 2 unspecified atom stereocenters. The number of piperidine rings is 1. The Labute approximate surface area is 198 Å². The molecular formula is C26H28FNO5S. The number of carbonyl (C=O) groups is 1. The lowest BCUT2D eigenvalue weighted by molar-refractivity contribution is -0.139. The van der Waals surface area contributed by atoms with Gasteiger partial charge in [0.25, 0.3) is 5.85 Å². The third-order valence-corrected chi connectivity index (χ3v) is 8.93. The van der Waals surface area contributed by atoms with E-state index in [1.807, 2.05) is 30.3 Å². The molecule has 2 aliphatic carbocycles. The summed E-state index contributed by atoms with van der Waals surface area (Å²) in [6, 6.07) is 12.8. The van der Waals surface area contributed by atoms with Gasteiger partial charge in [0.2, 0.25) is 10.0 Å². The first kappa shape index (κ1) is 23.2. The van der Waals surface area contributed by atoms with Gasteiger partial charge < -0.3 is 9.84 Å². The minimum atomic E-state index is -3.61. The third kappa shape index (κ3) is 4.54. The predicted molar refractivity (Wildman–Crippen MR) is 126 cm³/mol. The van der Waals surface area contributed by atoms with E-state index in [1.54, 1.807) is 12.1 Å². The van der Waals surface area contributed by atoms with E-state index in [4.69, 9.17) is 4.74 Å². The SMILES string of the molecule is O=C(O)C1C=CC(F)(OCC2CCN(S(=O)(=O)c3ccc4ccccc4c3)CC2)C(C2CC2)=C1. The van der Waals surface area contributed by atoms with E-state index >= 15 is 4.39 Å². The van der Waals surface area contributed by atoms with Crippen LogP contribution in [0, 0.1) is 17.8 Å². The van der Waals surface area contributed by atoms with Gasteiger partial charge in [-0.2, -0.15) is 4.31 Å². The summed E-state index contributed by atoms with van der Waals surface area (Å²) in [5, 5.41) is 11.1. The molecule has 0 amide bonds. The van der Waals surface area contributed by atoms with Crippen molar-refractivity contribution in [3.63, 3.8) is 0 Å². The van der Waals surface area contributed by atoms with Crippen molar-refractivity contribution in [3.05, 3.63) is 66.3 Å². The van der Waals surface area contributed by atoms with Gasteiger partial charge in [-0.1, -0.05) is 42.5 Å². The van der Waals surface area contributed by atoms with Gasteiger partial charge in [-0.15, -0.1) is 0 Å². The minimum Gasteiger partial charge on any atom is -0.481 e. The van der Waals surface area contributed by atoms with Gasteiger partial charge >= 0.3 is 5.97 Å². The van der Waals surface area contributed by atoms with Crippen LogP contribution in [-0.4, -0.2) is 49.4 Å². The topological polar surface area (TPSA) is 83.9 Å². The van der Waals surface area contributed by atoms with Gasteiger partial charge in [0.15, 0.2) is 0 Å². The van der Waals surface area contributed by atoms with Gasteiger partial charge in [0.05, 0.1) is 17.4 Å². The molecule has 2 aromatic rings. The zero-order valence-corrected chi connectivity index (χ0v) is 19.6. The van der Waals surface area contributed by atoms with Crippen molar-refractivity contribution in [1.29, 1.82) is 0 Å². The zero-order chi connectivity index (χ0) is 23.9. The Morgan fingerprint density at radius 2 is 1.79 bits per heavy atom. The molecule has 0 spiro atoms. The number of fused-ring (bicyclic) bond motifs is 1. The van der Waals surface area contributed by atoms with Crippen LogP contribution in [0.4, 0.5) is 4.39 Å². The molecule has 6 nitrogen and oxygen atoms in total. The molecule has 0 radical (unpaired) electrons. The number of halogens is 1. The maximum absolute atomic E-state index is 15.7. The number of ether oxygens (including phenoxy) is 1. The third-order valence-electron chi connectivity index (χ3n) is 7.03. The number of benzene rings is 2. The van der Waals surface area contributed by atoms with Gasteiger partial charge in [0, 0.05) is 13.1 Å².